The molecule has 0 amide bonds. The van der Waals surface area contributed by atoms with Gasteiger partial charge in [-0.2, -0.15) is 4.99 Å². The highest BCUT2D eigenvalue weighted by Gasteiger charge is 1.88. The molecule has 0 fully saturated rings. The Hall–Kier alpha value is -1.10. The predicted molar refractivity (Wildman–Crippen MR) is 36.4 cm³/mol. The van der Waals surface area contributed by atoms with E-state index in [4.69, 9.17) is 11.5 Å². The summed E-state index contributed by atoms with van der Waals surface area (Å²) in [6.45, 7) is 0. The van der Waals surface area contributed by atoms with Crippen LogP contribution in [0.15, 0.2) is 10.4 Å². The number of nitrogens with two attached hydrogens (primary N) is 2. The highest BCUT2D eigenvalue weighted by molar-refractivity contribution is 7.07. The second-order valence-electron chi connectivity index (χ2n) is 1.33. The van der Waals surface area contributed by atoms with Crippen molar-refractivity contribution >= 4 is 23.1 Å². The zero-order valence-corrected chi connectivity index (χ0v) is 5.35. The van der Waals surface area contributed by atoms with Crippen LogP contribution < -0.4 is 11.5 Å². The van der Waals surface area contributed by atoms with E-state index in [1.807, 2.05) is 0 Å². The zero-order valence-electron chi connectivity index (χ0n) is 4.53. The Labute approximate surface area is 56.2 Å². The van der Waals surface area contributed by atoms with Gasteiger partial charge in [-0.05, 0) is 0 Å². The van der Waals surface area contributed by atoms with Gasteiger partial charge in [0, 0.05) is 5.38 Å². The van der Waals surface area contributed by atoms with Crippen molar-refractivity contribution in [2.24, 2.45) is 16.5 Å². The Morgan fingerprint density at radius 1 is 1.78 bits per heavy atom. The highest BCUT2D eigenvalue weighted by Crippen LogP contribution is 2.08. The van der Waals surface area contributed by atoms with Crippen LogP contribution in [0.3, 0.4) is 0 Å². The molecule has 4 N–H and O–H groups in total. The normalized spacial score (nSPS) is 8.89. The molecule has 0 unspecified atom stereocenters. The van der Waals surface area contributed by atoms with Gasteiger partial charge in [0.05, 0.1) is 0 Å². The SMILES string of the molecule is NC(N)=Nc1cs[c]n1. The molecule has 0 aromatic carbocycles. The molecule has 0 saturated carbocycles. The van der Waals surface area contributed by atoms with Gasteiger partial charge in [-0.15, -0.1) is 11.3 Å². The fourth-order valence-corrected chi connectivity index (χ4v) is 0.772. The Balaban J connectivity index is 2.80. The average molecular weight is 141 g/mol. The van der Waals surface area contributed by atoms with E-state index in [1.54, 1.807) is 5.38 Å². The molecule has 1 heterocycles. The first-order valence-electron chi connectivity index (χ1n) is 2.20. The van der Waals surface area contributed by atoms with Gasteiger partial charge in [-0.1, -0.05) is 0 Å². The van der Waals surface area contributed by atoms with E-state index < -0.39 is 0 Å². The second kappa shape index (κ2) is 2.45. The van der Waals surface area contributed by atoms with Crippen molar-refractivity contribution in [3.8, 4) is 0 Å². The Bertz CT molecular complexity index is 198. The largest absolute Gasteiger partial charge is 0.370 e. The number of thiazole rings is 1. The van der Waals surface area contributed by atoms with Gasteiger partial charge in [0.1, 0.15) is 0 Å². The molecule has 0 aliphatic carbocycles. The molecule has 47 valence electrons. The van der Waals surface area contributed by atoms with E-state index in [0.29, 0.717) is 5.82 Å². The minimum Gasteiger partial charge on any atom is -0.370 e. The Morgan fingerprint density at radius 3 is 3.00 bits per heavy atom. The number of hydrogen-bond donors (Lipinski definition) is 2. The summed E-state index contributed by atoms with van der Waals surface area (Å²) >= 11 is 1.33. The molecule has 1 aromatic heterocycles. The molecule has 0 saturated heterocycles. The van der Waals surface area contributed by atoms with Crippen LogP contribution in [0.2, 0.25) is 0 Å². The molecule has 0 spiro atoms. The molecule has 0 aliphatic heterocycles. The minimum absolute atomic E-state index is 0.0225. The van der Waals surface area contributed by atoms with E-state index >= 15 is 0 Å². The van der Waals surface area contributed by atoms with Crippen LogP contribution in [0.1, 0.15) is 0 Å². The van der Waals surface area contributed by atoms with E-state index in [1.165, 1.54) is 11.3 Å². The van der Waals surface area contributed by atoms with E-state index in [0.717, 1.165) is 0 Å². The Morgan fingerprint density at radius 2 is 2.56 bits per heavy atom. The average Bonchev–Trinajstić information content (AvgIpc) is 2.15. The van der Waals surface area contributed by atoms with Crippen LogP contribution in [0, 0.1) is 5.51 Å². The predicted octanol–water partition coefficient (Wildman–Crippen LogP) is -0.152. The zero-order chi connectivity index (χ0) is 6.69. The molecular formula is C4H5N4S. The van der Waals surface area contributed by atoms with Gasteiger partial charge in [-0.25, -0.2) is 4.98 Å². The molecule has 1 radical (unpaired) electrons. The third-order valence-corrected chi connectivity index (χ3v) is 1.15. The lowest BCUT2D eigenvalue weighted by Crippen LogP contribution is -2.21. The van der Waals surface area contributed by atoms with Crippen LogP contribution in [-0.4, -0.2) is 10.9 Å². The van der Waals surface area contributed by atoms with Crippen LogP contribution in [-0.2, 0) is 0 Å². The van der Waals surface area contributed by atoms with E-state index in [9.17, 15) is 0 Å². The summed E-state index contributed by atoms with van der Waals surface area (Å²) in [4.78, 5) is 7.36. The van der Waals surface area contributed by atoms with Gasteiger partial charge >= 0.3 is 0 Å². The number of rotatable bonds is 1. The second-order valence-corrected chi connectivity index (χ2v) is 1.99. The maximum Gasteiger partial charge on any atom is 0.192 e. The number of guanidine groups is 1. The summed E-state index contributed by atoms with van der Waals surface area (Å²) in [5, 5.41) is 1.71. The monoisotopic (exact) mass is 141 g/mol. The van der Waals surface area contributed by atoms with Crippen molar-refractivity contribution in [3.05, 3.63) is 10.9 Å². The van der Waals surface area contributed by atoms with Crippen LogP contribution in [0.4, 0.5) is 5.82 Å². The highest BCUT2D eigenvalue weighted by atomic mass is 32.1. The summed E-state index contributed by atoms with van der Waals surface area (Å²) < 4.78 is 0. The molecule has 1 aromatic rings. The lowest BCUT2D eigenvalue weighted by Gasteiger charge is -1.84. The molecule has 0 bridgehead atoms. The first kappa shape index (κ1) is 6.03. The standard InChI is InChI=1S/C4H5N4S/c5-4(6)8-3-1-9-2-7-3/h1H,(H4,5,6,8). The fourth-order valence-electron chi connectivity index (χ4n) is 0.362. The van der Waals surface area contributed by atoms with Gasteiger partial charge in [0.15, 0.2) is 17.3 Å². The number of aliphatic imine (C=N–C) groups is 1. The van der Waals surface area contributed by atoms with Crippen molar-refractivity contribution in [1.29, 1.82) is 0 Å². The summed E-state index contributed by atoms with van der Waals surface area (Å²) in [5.74, 6) is 0.536. The van der Waals surface area contributed by atoms with Crippen molar-refractivity contribution in [3.63, 3.8) is 0 Å². The smallest absolute Gasteiger partial charge is 0.192 e. The van der Waals surface area contributed by atoms with E-state index in [-0.39, 0.29) is 5.96 Å². The van der Waals surface area contributed by atoms with Gasteiger partial charge < -0.3 is 11.5 Å². The Kier molecular flexibility index (Phi) is 1.64. The first-order valence-corrected chi connectivity index (χ1v) is 3.08. The fraction of sp³-hybridized carbons (Fsp3) is 0. The summed E-state index contributed by atoms with van der Waals surface area (Å²) in [7, 11) is 0. The molecule has 0 atom stereocenters. The number of aromatic nitrogens is 1. The van der Waals surface area contributed by atoms with Crippen molar-refractivity contribution in [1.82, 2.24) is 4.98 Å². The quantitative estimate of drug-likeness (QED) is 0.421. The molecule has 9 heavy (non-hydrogen) atoms. The summed E-state index contributed by atoms with van der Waals surface area (Å²) in [6, 6.07) is 0. The van der Waals surface area contributed by atoms with Gasteiger partial charge in [0.25, 0.3) is 0 Å². The molecule has 1 rings (SSSR count). The lowest BCUT2D eigenvalue weighted by atomic mass is 10.8. The maximum absolute atomic E-state index is 5.06. The molecule has 5 heteroatoms. The third-order valence-electron chi connectivity index (χ3n) is 0.621. The topological polar surface area (TPSA) is 77.3 Å². The molecule has 0 aliphatic rings. The van der Waals surface area contributed by atoms with Crippen LogP contribution in [0.5, 0.6) is 0 Å². The molecule has 4 nitrogen and oxygen atoms in total. The summed E-state index contributed by atoms with van der Waals surface area (Å²) in [6.07, 6.45) is 0. The van der Waals surface area contributed by atoms with E-state index in [2.05, 4.69) is 15.5 Å². The van der Waals surface area contributed by atoms with Crippen molar-refractivity contribution in [2.45, 2.75) is 0 Å². The minimum atomic E-state index is 0.0225. The molecular weight excluding hydrogens is 136 g/mol. The van der Waals surface area contributed by atoms with Crippen LogP contribution >= 0.6 is 11.3 Å². The first-order chi connectivity index (χ1) is 4.29. The third kappa shape index (κ3) is 1.69. The van der Waals surface area contributed by atoms with Crippen molar-refractivity contribution < 1.29 is 0 Å². The van der Waals surface area contributed by atoms with Gasteiger partial charge in [0.2, 0.25) is 0 Å². The summed E-state index contributed by atoms with van der Waals surface area (Å²) in [5.41, 5.74) is 12.7. The maximum atomic E-state index is 5.06. The number of nitrogens with zero attached hydrogens (tertiary/aromatic N) is 2. The van der Waals surface area contributed by atoms with Crippen LogP contribution in [0.25, 0.3) is 0 Å². The van der Waals surface area contributed by atoms with Gasteiger partial charge in [-0.3, -0.25) is 0 Å². The lowest BCUT2D eigenvalue weighted by molar-refractivity contribution is 1.31. The number of hydrogen-bond acceptors (Lipinski definition) is 3. The van der Waals surface area contributed by atoms with Crippen molar-refractivity contribution in [2.75, 3.05) is 0 Å².